The summed E-state index contributed by atoms with van der Waals surface area (Å²) in [6.07, 6.45) is 2.74. The predicted octanol–water partition coefficient (Wildman–Crippen LogP) is -0.525. The van der Waals surface area contributed by atoms with E-state index in [-0.39, 0.29) is 17.9 Å². The Labute approximate surface area is 95.6 Å². The molecule has 2 amide bonds. The van der Waals surface area contributed by atoms with Crippen molar-refractivity contribution in [1.82, 2.24) is 15.5 Å². The van der Waals surface area contributed by atoms with Gasteiger partial charge in [0, 0.05) is 25.6 Å². The van der Waals surface area contributed by atoms with E-state index < -0.39 is 0 Å². The molecule has 0 saturated carbocycles. The summed E-state index contributed by atoms with van der Waals surface area (Å²) in [6.45, 7) is 4.01. The highest BCUT2D eigenvalue weighted by Crippen LogP contribution is 2.13. The number of carbonyl (C=O) groups is 2. The minimum absolute atomic E-state index is 0.0426. The van der Waals surface area contributed by atoms with Gasteiger partial charge < -0.3 is 15.5 Å². The van der Waals surface area contributed by atoms with E-state index in [0.29, 0.717) is 25.6 Å². The highest BCUT2D eigenvalue weighted by Gasteiger charge is 2.30. The molecule has 2 rings (SSSR count). The van der Waals surface area contributed by atoms with Gasteiger partial charge in [-0.2, -0.15) is 0 Å². The fourth-order valence-corrected chi connectivity index (χ4v) is 2.38. The molecule has 0 radical (unpaired) electrons. The van der Waals surface area contributed by atoms with Crippen LogP contribution in [-0.4, -0.2) is 48.4 Å². The summed E-state index contributed by atoms with van der Waals surface area (Å²) >= 11 is 0. The van der Waals surface area contributed by atoms with Gasteiger partial charge in [-0.3, -0.25) is 9.59 Å². The Hall–Kier alpha value is -1.10. The maximum Gasteiger partial charge on any atom is 0.242 e. The van der Waals surface area contributed by atoms with Crippen molar-refractivity contribution in [3.63, 3.8) is 0 Å². The molecule has 0 aromatic heterocycles. The van der Waals surface area contributed by atoms with Crippen molar-refractivity contribution in [2.75, 3.05) is 19.6 Å². The van der Waals surface area contributed by atoms with Gasteiger partial charge in [0.05, 0.1) is 0 Å². The lowest BCUT2D eigenvalue weighted by Gasteiger charge is -2.33. The van der Waals surface area contributed by atoms with E-state index in [1.165, 1.54) is 0 Å². The molecule has 2 saturated heterocycles. The first-order valence-electron chi connectivity index (χ1n) is 5.99. The molecule has 5 heteroatoms. The van der Waals surface area contributed by atoms with Crippen molar-refractivity contribution < 1.29 is 9.59 Å². The topological polar surface area (TPSA) is 61.4 Å². The van der Waals surface area contributed by atoms with Gasteiger partial charge in [-0.05, 0) is 26.3 Å². The molecule has 0 aliphatic carbocycles. The molecule has 2 fully saturated rings. The van der Waals surface area contributed by atoms with E-state index in [0.717, 1.165) is 19.4 Å². The second-order valence-electron chi connectivity index (χ2n) is 4.55. The summed E-state index contributed by atoms with van der Waals surface area (Å²) in [4.78, 5) is 25.1. The Morgan fingerprint density at radius 2 is 2.31 bits per heavy atom. The van der Waals surface area contributed by atoms with Gasteiger partial charge >= 0.3 is 0 Å². The molecule has 2 N–H and O–H groups in total. The standard InChI is InChI=1S/C11H19N3O2/c1-8-11(16)13-5-6-14(8)10(15)7-9-3-2-4-12-9/h8-9,12H,2-7H2,1H3,(H,13,16). The highest BCUT2D eigenvalue weighted by molar-refractivity contribution is 5.88. The van der Waals surface area contributed by atoms with Gasteiger partial charge in [-0.15, -0.1) is 0 Å². The molecule has 2 unspecified atom stereocenters. The van der Waals surface area contributed by atoms with Crippen LogP contribution in [0.5, 0.6) is 0 Å². The second kappa shape index (κ2) is 4.82. The summed E-state index contributed by atoms with van der Waals surface area (Å²) in [5.74, 6) is 0.0562. The van der Waals surface area contributed by atoms with Crippen molar-refractivity contribution in [3.05, 3.63) is 0 Å². The molecule has 2 aliphatic heterocycles. The summed E-state index contributed by atoms with van der Waals surface area (Å²) in [6, 6.07) is -0.00709. The van der Waals surface area contributed by atoms with Crippen LogP contribution < -0.4 is 10.6 Å². The lowest BCUT2D eigenvalue weighted by atomic mass is 10.1. The quantitative estimate of drug-likeness (QED) is 0.664. The molecule has 0 aromatic rings. The minimum Gasteiger partial charge on any atom is -0.353 e. The molecule has 5 nitrogen and oxygen atoms in total. The molecule has 2 heterocycles. The van der Waals surface area contributed by atoms with Crippen LogP contribution in [0.15, 0.2) is 0 Å². The largest absolute Gasteiger partial charge is 0.353 e. The van der Waals surface area contributed by atoms with Crippen LogP contribution in [0, 0.1) is 0 Å². The zero-order chi connectivity index (χ0) is 11.5. The van der Waals surface area contributed by atoms with Crippen LogP contribution in [0.1, 0.15) is 26.2 Å². The number of nitrogens with zero attached hydrogens (tertiary/aromatic N) is 1. The van der Waals surface area contributed by atoms with Crippen LogP contribution in [0.3, 0.4) is 0 Å². The number of carbonyl (C=O) groups excluding carboxylic acids is 2. The molecule has 0 spiro atoms. The summed E-state index contributed by atoms with van der Waals surface area (Å²) in [5, 5.41) is 6.07. The van der Waals surface area contributed by atoms with E-state index in [1.54, 1.807) is 11.8 Å². The van der Waals surface area contributed by atoms with Gasteiger partial charge in [0.25, 0.3) is 0 Å². The number of piperazine rings is 1. The smallest absolute Gasteiger partial charge is 0.242 e. The Kier molecular flexibility index (Phi) is 3.43. The van der Waals surface area contributed by atoms with Gasteiger partial charge in [-0.1, -0.05) is 0 Å². The van der Waals surface area contributed by atoms with Crippen LogP contribution in [0.4, 0.5) is 0 Å². The van der Waals surface area contributed by atoms with Crippen molar-refractivity contribution >= 4 is 11.8 Å². The van der Waals surface area contributed by atoms with Crippen LogP contribution >= 0.6 is 0 Å². The van der Waals surface area contributed by atoms with E-state index >= 15 is 0 Å². The monoisotopic (exact) mass is 225 g/mol. The fourth-order valence-electron chi connectivity index (χ4n) is 2.38. The maximum absolute atomic E-state index is 12.0. The summed E-state index contributed by atoms with van der Waals surface area (Å²) < 4.78 is 0. The number of hydrogen-bond acceptors (Lipinski definition) is 3. The van der Waals surface area contributed by atoms with Crippen LogP contribution in [-0.2, 0) is 9.59 Å². The maximum atomic E-state index is 12.0. The third-order valence-corrected chi connectivity index (χ3v) is 3.40. The van der Waals surface area contributed by atoms with Crippen molar-refractivity contribution in [3.8, 4) is 0 Å². The van der Waals surface area contributed by atoms with Crippen molar-refractivity contribution in [1.29, 1.82) is 0 Å². The number of hydrogen-bond donors (Lipinski definition) is 2. The van der Waals surface area contributed by atoms with E-state index in [4.69, 9.17) is 0 Å². The molecule has 0 bridgehead atoms. The molecular formula is C11H19N3O2. The van der Waals surface area contributed by atoms with Crippen LogP contribution in [0.2, 0.25) is 0 Å². The van der Waals surface area contributed by atoms with E-state index in [1.807, 2.05) is 0 Å². The van der Waals surface area contributed by atoms with Gasteiger partial charge in [-0.25, -0.2) is 0 Å². The summed E-state index contributed by atoms with van der Waals surface area (Å²) in [5.41, 5.74) is 0. The van der Waals surface area contributed by atoms with E-state index in [2.05, 4.69) is 10.6 Å². The zero-order valence-electron chi connectivity index (χ0n) is 9.66. The molecule has 2 aliphatic rings. The average molecular weight is 225 g/mol. The molecule has 90 valence electrons. The van der Waals surface area contributed by atoms with Gasteiger partial charge in [0.2, 0.25) is 11.8 Å². The fraction of sp³-hybridized carbons (Fsp3) is 0.818. The second-order valence-corrected chi connectivity index (χ2v) is 4.55. The first-order valence-corrected chi connectivity index (χ1v) is 5.99. The lowest BCUT2D eigenvalue weighted by Crippen LogP contribution is -2.56. The highest BCUT2D eigenvalue weighted by atomic mass is 16.2. The minimum atomic E-state index is -0.317. The third-order valence-electron chi connectivity index (χ3n) is 3.40. The summed E-state index contributed by atoms with van der Waals surface area (Å²) in [7, 11) is 0. The van der Waals surface area contributed by atoms with Crippen LogP contribution in [0.25, 0.3) is 0 Å². The third kappa shape index (κ3) is 2.35. The zero-order valence-corrected chi connectivity index (χ0v) is 9.66. The molecular weight excluding hydrogens is 206 g/mol. The Morgan fingerprint density at radius 3 is 3.00 bits per heavy atom. The number of amides is 2. The van der Waals surface area contributed by atoms with Gasteiger partial charge in [0.15, 0.2) is 0 Å². The van der Waals surface area contributed by atoms with Gasteiger partial charge in [0.1, 0.15) is 6.04 Å². The molecule has 16 heavy (non-hydrogen) atoms. The lowest BCUT2D eigenvalue weighted by molar-refractivity contribution is -0.142. The number of nitrogens with one attached hydrogen (secondary N) is 2. The predicted molar refractivity (Wildman–Crippen MR) is 59.8 cm³/mol. The van der Waals surface area contributed by atoms with E-state index in [9.17, 15) is 9.59 Å². The molecule has 2 atom stereocenters. The Morgan fingerprint density at radius 1 is 1.50 bits per heavy atom. The van der Waals surface area contributed by atoms with Crippen molar-refractivity contribution in [2.45, 2.75) is 38.3 Å². The first kappa shape index (κ1) is 11.4. The molecule has 0 aromatic carbocycles. The normalized spacial score (nSPS) is 30.3. The van der Waals surface area contributed by atoms with Crippen molar-refractivity contribution in [2.24, 2.45) is 0 Å². The SMILES string of the molecule is CC1C(=O)NCCN1C(=O)CC1CCCN1. The number of rotatable bonds is 2. The Bertz CT molecular complexity index is 287. The first-order chi connectivity index (χ1) is 7.68. The average Bonchev–Trinajstić information content (AvgIpc) is 2.74. The Balaban J connectivity index is 1.89.